The average Bonchev–Trinajstić information content (AvgIpc) is 2.61. The first kappa shape index (κ1) is 12.0. The molecule has 0 aliphatic carbocycles. The zero-order chi connectivity index (χ0) is 12.4. The molecule has 0 bridgehead atoms. The van der Waals surface area contributed by atoms with Gasteiger partial charge in [0.1, 0.15) is 11.6 Å². The SMILES string of the molecule is Cc1cccc(S(=O)Cc2nnc(C)n2C)c1. The molecule has 2 rings (SSSR count). The van der Waals surface area contributed by atoms with Crippen molar-refractivity contribution in [3.8, 4) is 0 Å². The summed E-state index contributed by atoms with van der Waals surface area (Å²) in [6.45, 7) is 3.87. The summed E-state index contributed by atoms with van der Waals surface area (Å²) in [5.74, 6) is 1.99. The Labute approximate surface area is 103 Å². The van der Waals surface area contributed by atoms with E-state index in [0.717, 1.165) is 22.1 Å². The summed E-state index contributed by atoms with van der Waals surface area (Å²) >= 11 is 0. The molecule has 0 N–H and O–H groups in total. The van der Waals surface area contributed by atoms with Gasteiger partial charge in [0.25, 0.3) is 0 Å². The van der Waals surface area contributed by atoms with Gasteiger partial charge >= 0.3 is 0 Å². The maximum Gasteiger partial charge on any atom is 0.145 e. The van der Waals surface area contributed by atoms with E-state index in [-0.39, 0.29) is 0 Å². The Bertz CT molecular complexity index is 563. The average molecular weight is 249 g/mol. The van der Waals surface area contributed by atoms with Crippen molar-refractivity contribution in [1.29, 1.82) is 0 Å². The summed E-state index contributed by atoms with van der Waals surface area (Å²) < 4.78 is 14.0. The van der Waals surface area contributed by atoms with Crippen molar-refractivity contribution in [2.75, 3.05) is 0 Å². The van der Waals surface area contributed by atoms with Gasteiger partial charge in [-0.15, -0.1) is 10.2 Å². The standard InChI is InChI=1S/C12H15N3OS/c1-9-5-4-6-11(7-9)17(16)8-12-14-13-10(2)15(12)3/h4-7H,8H2,1-3H3. The number of nitrogens with zero attached hydrogens (tertiary/aromatic N) is 3. The fraction of sp³-hybridized carbons (Fsp3) is 0.333. The Balaban J connectivity index is 2.20. The molecule has 1 unspecified atom stereocenters. The molecule has 5 heteroatoms. The van der Waals surface area contributed by atoms with E-state index in [9.17, 15) is 4.21 Å². The minimum atomic E-state index is -1.06. The summed E-state index contributed by atoms with van der Waals surface area (Å²) in [6.07, 6.45) is 0. The van der Waals surface area contributed by atoms with Crippen LogP contribution in [-0.4, -0.2) is 19.0 Å². The number of hydrogen-bond acceptors (Lipinski definition) is 3. The van der Waals surface area contributed by atoms with Crippen LogP contribution in [0.15, 0.2) is 29.2 Å². The van der Waals surface area contributed by atoms with Crippen LogP contribution < -0.4 is 0 Å². The van der Waals surface area contributed by atoms with Gasteiger partial charge in [0, 0.05) is 11.9 Å². The molecule has 0 saturated carbocycles. The third kappa shape index (κ3) is 2.61. The predicted octanol–water partition coefficient (Wildman–Crippen LogP) is 1.74. The van der Waals surface area contributed by atoms with Crippen LogP contribution in [0, 0.1) is 13.8 Å². The second-order valence-electron chi connectivity index (χ2n) is 4.03. The number of aromatic nitrogens is 3. The van der Waals surface area contributed by atoms with E-state index >= 15 is 0 Å². The van der Waals surface area contributed by atoms with Gasteiger partial charge in [0.05, 0.1) is 16.6 Å². The molecular formula is C12H15N3OS. The number of hydrogen-bond donors (Lipinski definition) is 0. The molecule has 0 aliphatic heterocycles. The van der Waals surface area contributed by atoms with Crippen LogP contribution in [0.3, 0.4) is 0 Å². The number of aryl methyl sites for hydroxylation is 2. The zero-order valence-electron chi connectivity index (χ0n) is 10.2. The maximum absolute atomic E-state index is 12.2. The molecule has 90 valence electrons. The Morgan fingerprint density at radius 1 is 1.29 bits per heavy atom. The number of rotatable bonds is 3. The second kappa shape index (κ2) is 4.79. The third-order valence-corrected chi connectivity index (χ3v) is 4.00. The van der Waals surface area contributed by atoms with Crippen molar-refractivity contribution in [3.05, 3.63) is 41.5 Å². The Morgan fingerprint density at radius 2 is 2.06 bits per heavy atom. The van der Waals surface area contributed by atoms with E-state index in [1.165, 1.54) is 0 Å². The van der Waals surface area contributed by atoms with Crippen LogP contribution in [0.1, 0.15) is 17.2 Å². The highest BCUT2D eigenvalue weighted by Crippen LogP contribution is 2.12. The van der Waals surface area contributed by atoms with Crippen LogP contribution >= 0.6 is 0 Å². The van der Waals surface area contributed by atoms with Crippen LogP contribution in [0.2, 0.25) is 0 Å². The minimum Gasteiger partial charge on any atom is -0.318 e. The van der Waals surface area contributed by atoms with Gasteiger partial charge in [-0.3, -0.25) is 4.21 Å². The van der Waals surface area contributed by atoms with Crippen molar-refractivity contribution >= 4 is 10.8 Å². The highest BCUT2D eigenvalue weighted by atomic mass is 32.2. The number of benzene rings is 1. The van der Waals surface area contributed by atoms with Crippen molar-refractivity contribution < 1.29 is 4.21 Å². The molecule has 0 radical (unpaired) electrons. The smallest absolute Gasteiger partial charge is 0.145 e. The Morgan fingerprint density at radius 3 is 2.65 bits per heavy atom. The molecular weight excluding hydrogens is 234 g/mol. The lowest BCUT2D eigenvalue weighted by molar-refractivity contribution is 0.679. The van der Waals surface area contributed by atoms with E-state index in [4.69, 9.17) is 0 Å². The normalized spacial score (nSPS) is 12.6. The van der Waals surface area contributed by atoms with Gasteiger partial charge in [-0.05, 0) is 31.5 Å². The van der Waals surface area contributed by atoms with E-state index in [1.54, 1.807) is 0 Å². The summed E-state index contributed by atoms with van der Waals surface area (Å²) in [6, 6.07) is 7.74. The molecule has 1 aromatic heterocycles. The van der Waals surface area contributed by atoms with E-state index in [0.29, 0.717) is 5.75 Å². The van der Waals surface area contributed by atoms with Crippen LogP contribution in [0.25, 0.3) is 0 Å². The van der Waals surface area contributed by atoms with Gasteiger partial charge in [-0.25, -0.2) is 0 Å². The van der Waals surface area contributed by atoms with Gasteiger partial charge in [-0.1, -0.05) is 12.1 Å². The summed E-state index contributed by atoms with van der Waals surface area (Å²) in [5.41, 5.74) is 1.12. The lowest BCUT2D eigenvalue weighted by Gasteiger charge is -2.03. The quantitative estimate of drug-likeness (QED) is 0.832. The predicted molar refractivity (Wildman–Crippen MR) is 67.0 cm³/mol. The minimum absolute atomic E-state index is 0.404. The molecule has 0 saturated heterocycles. The van der Waals surface area contributed by atoms with Crippen molar-refractivity contribution in [2.45, 2.75) is 24.5 Å². The maximum atomic E-state index is 12.2. The van der Waals surface area contributed by atoms with Crippen molar-refractivity contribution in [1.82, 2.24) is 14.8 Å². The van der Waals surface area contributed by atoms with Gasteiger partial charge < -0.3 is 4.57 Å². The molecule has 0 spiro atoms. The highest BCUT2D eigenvalue weighted by Gasteiger charge is 2.11. The lowest BCUT2D eigenvalue weighted by Crippen LogP contribution is -2.04. The van der Waals surface area contributed by atoms with E-state index in [1.807, 2.05) is 49.7 Å². The van der Waals surface area contributed by atoms with Crippen LogP contribution in [0.4, 0.5) is 0 Å². The third-order valence-electron chi connectivity index (χ3n) is 2.70. The van der Waals surface area contributed by atoms with Gasteiger partial charge in [-0.2, -0.15) is 0 Å². The topological polar surface area (TPSA) is 47.8 Å². The molecule has 4 nitrogen and oxygen atoms in total. The first-order valence-electron chi connectivity index (χ1n) is 5.38. The van der Waals surface area contributed by atoms with Crippen LogP contribution in [0.5, 0.6) is 0 Å². The molecule has 1 atom stereocenters. The molecule has 1 aromatic carbocycles. The fourth-order valence-electron chi connectivity index (χ4n) is 1.53. The Kier molecular flexibility index (Phi) is 3.38. The summed E-state index contributed by atoms with van der Waals surface area (Å²) in [4.78, 5) is 0.839. The summed E-state index contributed by atoms with van der Waals surface area (Å²) in [7, 11) is 0.822. The van der Waals surface area contributed by atoms with Crippen molar-refractivity contribution in [3.63, 3.8) is 0 Å². The Hall–Kier alpha value is -1.49. The largest absolute Gasteiger partial charge is 0.318 e. The molecule has 1 heterocycles. The zero-order valence-corrected chi connectivity index (χ0v) is 11.0. The lowest BCUT2D eigenvalue weighted by atomic mass is 10.2. The van der Waals surface area contributed by atoms with E-state index in [2.05, 4.69) is 10.2 Å². The monoisotopic (exact) mass is 249 g/mol. The summed E-state index contributed by atoms with van der Waals surface area (Å²) in [5, 5.41) is 7.98. The molecule has 0 fully saturated rings. The van der Waals surface area contributed by atoms with Gasteiger partial charge in [0.2, 0.25) is 0 Å². The fourth-order valence-corrected chi connectivity index (χ4v) is 2.73. The molecule has 2 aromatic rings. The van der Waals surface area contributed by atoms with Gasteiger partial charge in [0.15, 0.2) is 0 Å². The first-order valence-corrected chi connectivity index (χ1v) is 6.69. The second-order valence-corrected chi connectivity index (χ2v) is 5.48. The molecule has 0 aliphatic rings. The van der Waals surface area contributed by atoms with Crippen LogP contribution in [-0.2, 0) is 23.6 Å². The highest BCUT2D eigenvalue weighted by molar-refractivity contribution is 7.84. The van der Waals surface area contributed by atoms with E-state index < -0.39 is 10.8 Å². The first-order chi connectivity index (χ1) is 8.08. The van der Waals surface area contributed by atoms with Crippen molar-refractivity contribution in [2.24, 2.45) is 7.05 Å². The molecule has 0 amide bonds. The molecule has 17 heavy (non-hydrogen) atoms.